The molecule has 0 unspecified atom stereocenters. The quantitative estimate of drug-likeness (QED) is 0.629. The number of aliphatic hydroxyl groups excluding tert-OH is 1. The van der Waals surface area contributed by atoms with Gasteiger partial charge in [-0.05, 0) is 0 Å². The number of carbonyl (C=O) groups is 2. The van der Waals surface area contributed by atoms with Crippen LogP contribution in [0.3, 0.4) is 0 Å². The van der Waals surface area contributed by atoms with Gasteiger partial charge in [0.15, 0.2) is 0 Å². The second-order valence-electron chi connectivity index (χ2n) is 3.72. The number of nitrogens with one attached hydrogen (secondary N) is 1. The Balaban J connectivity index is 2.43. The van der Waals surface area contributed by atoms with Gasteiger partial charge in [-0.25, -0.2) is 4.79 Å². The standard InChI is InChI=1S/C8H11F3N2O4/c9-8(10,11)6(15)12-1-4-2-13(7(16)17)3-5(4)14/h4-5,14H,1-3H2,(H,12,15)(H,16,17)/t4-,5+/m1/s1. The molecule has 0 aromatic rings. The fraction of sp³-hybridized carbons (Fsp3) is 0.750. The molecule has 98 valence electrons. The van der Waals surface area contributed by atoms with Crippen molar-refractivity contribution >= 4 is 12.0 Å². The third kappa shape index (κ3) is 3.48. The summed E-state index contributed by atoms with van der Waals surface area (Å²) in [5, 5.41) is 19.6. The first kappa shape index (κ1) is 13.6. The number of carboxylic acid groups (broad SMARTS) is 1. The first-order valence-electron chi connectivity index (χ1n) is 4.72. The number of β-amino-alcohol motifs (C(OH)–C–C–N with tert-alkyl or cyclic N) is 1. The highest BCUT2D eigenvalue weighted by molar-refractivity contribution is 5.81. The summed E-state index contributed by atoms with van der Waals surface area (Å²) < 4.78 is 35.5. The van der Waals surface area contributed by atoms with Crippen LogP contribution in [0.1, 0.15) is 0 Å². The molecule has 0 saturated carbocycles. The summed E-state index contributed by atoms with van der Waals surface area (Å²) >= 11 is 0. The molecule has 1 aliphatic heterocycles. The topological polar surface area (TPSA) is 89.9 Å². The van der Waals surface area contributed by atoms with Gasteiger partial charge in [-0.15, -0.1) is 0 Å². The number of carbonyl (C=O) groups excluding carboxylic acids is 1. The molecule has 1 rings (SSSR count). The summed E-state index contributed by atoms with van der Waals surface area (Å²) in [6.07, 6.45) is -7.30. The average molecular weight is 256 g/mol. The van der Waals surface area contributed by atoms with E-state index in [4.69, 9.17) is 5.11 Å². The second-order valence-corrected chi connectivity index (χ2v) is 3.72. The average Bonchev–Trinajstić information content (AvgIpc) is 2.55. The van der Waals surface area contributed by atoms with E-state index in [1.807, 2.05) is 0 Å². The van der Waals surface area contributed by atoms with Gasteiger partial charge in [0, 0.05) is 19.0 Å². The van der Waals surface area contributed by atoms with Crippen LogP contribution in [0.5, 0.6) is 0 Å². The van der Waals surface area contributed by atoms with E-state index in [2.05, 4.69) is 0 Å². The lowest BCUT2D eigenvalue weighted by molar-refractivity contribution is -0.173. The number of halogens is 3. The van der Waals surface area contributed by atoms with Crippen LogP contribution in [0.2, 0.25) is 0 Å². The Labute approximate surface area is 94.0 Å². The van der Waals surface area contributed by atoms with Crippen molar-refractivity contribution in [2.24, 2.45) is 5.92 Å². The van der Waals surface area contributed by atoms with Crippen LogP contribution in [0, 0.1) is 5.92 Å². The summed E-state index contributed by atoms with van der Waals surface area (Å²) in [5.74, 6) is -2.82. The van der Waals surface area contributed by atoms with Crippen LogP contribution in [-0.2, 0) is 4.79 Å². The van der Waals surface area contributed by atoms with Crippen LogP contribution in [-0.4, -0.2) is 59.0 Å². The monoisotopic (exact) mass is 256 g/mol. The number of nitrogens with zero attached hydrogens (tertiary/aromatic N) is 1. The number of alkyl halides is 3. The van der Waals surface area contributed by atoms with Gasteiger partial charge in [0.25, 0.3) is 0 Å². The molecule has 0 aromatic heterocycles. The predicted octanol–water partition coefficient (Wildman–Crippen LogP) is -0.364. The van der Waals surface area contributed by atoms with Crippen molar-refractivity contribution in [2.75, 3.05) is 19.6 Å². The second kappa shape index (κ2) is 4.78. The molecule has 0 bridgehead atoms. The number of rotatable bonds is 2. The zero-order valence-electron chi connectivity index (χ0n) is 8.57. The normalized spacial score (nSPS) is 24.8. The van der Waals surface area contributed by atoms with E-state index in [9.17, 15) is 27.9 Å². The highest BCUT2D eigenvalue weighted by Gasteiger charge is 2.40. The molecular weight excluding hydrogens is 245 g/mol. The highest BCUT2D eigenvalue weighted by Crippen LogP contribution is 2.18. The van der Waals surface area contributed by atoms with E-state index in [1.165, 1.54) is 0 Å². The summed E-state index contributed by atoms with van der Waals surface area (Å²) in [6.45, 7) is -0.681. The van der Waals surface area contributed by atoms with Crippen molar-refractivity contribution in [3.05, 3.63) is 0 Å². The van der Waals surface area contributed by atoms with Crippen molar-refractivity contribution in [3.8, 4) is 0 Å². The van der Waals surface area contributed by atoms with Gasteiger partial charge in [-0.2, -0.15) is 13.2 Å². The summed E-state index contributed by atoms with van der Waals surface area (Å²) in [7, 11) is 0. The van der Waals surface area contributed by atoms with Crippen molar-refractivity contribution in [2.45, 2.75) is 12.3 Å². The summed E-state index contributed by atoms with van der Waals surface area (Å²) in [5.41, 5.74) is 0. The molecular formula is C8H11F3N2O4. The molecule has 0 spiro atoms. The zero-order chi connectivity index (χ0) is 13.2. The van der Waals surface area contributed by atoms with Crippen LogP contribution in [0.15, 0.2) is 0 Å². The molecule has 2 atom stereocenters. The molecule has 6 nitrogen and oxygen atoms in total. The molecule has 0 aromatic carbocycles. The third-order valence-corrected chi connectivity index (χ3v) is 2.46. The molecule has 17 heavy (non-hydrogen) atoms. The highest BCUT2D eigenvalue weighted by atomic mass is 19.4. The van der Waals surface area contributed by atoms with E-state index in [0.717, 1.165) is 4.90 Å². The minimum Gasteiger partial charge on any atom is -0.465 e. The molecule has 1 saturated heterocycles. The maximum absolute atomic E-state index is 11.8. The fourth-order valence-electron chi connectivity index (χ4n) is 1.53. The number of likely N-dealkylation sites (tertiary alicyclic amines) is 1. The van der Waals surface area contributed by atoms with Gasteiger partial charge < -0.3 is 20.4 Å². The van der Waals surface area contributed by atoms with E-state index in [-0.39, 0.29) is 13.1 Å². The van der Waals surface area contributed by atoms with E-state index < -0.39 is 36.7 Å². The Morgan fingerprint density at radius 3 is 2.35 bits per heavy atom. The minimum absolute atomic E-state index is 0.103. The molecule has 3 N–H and O–H groups in total. The lowest BCUT2D eigenvalue weighted by atomic mass is 10.1. The lowest BCUT2D eigenvalue weighted by Crippen LogP contribution is -2.41. The first-order chi connectivity index (χ1) is 7.71. The van der Waals surface area contributed by atoms with E-state index in [0.29, 0.717) is 0 Å². The van der Waals surface area contributed by atoms with Crippen LogP contribution in [0.25, 0.3) is 0 Å². The van der Waals surface area contributed by atoms with Crippen molar-refractivity contribution in [1.29, 1.82) is 0 Å². The van der Waals surface area contributed by atoms with Crippen molar-refractivity contribution in [3.63, 3.8) is 0 Å². The van der Waals surface area contributed by atoms with Gasteiger partial charge in [0.05, 0.1) is 12.6 Å². The van der Waals surface area contributed by atoms with Gasteiger partial charge >= 0.3 is 18.2 Å². The molecule has 1 heterocycles. The Morgan fingerprint density at radius 1 is 1.35 bits per heavy atom. The molecule has 9 heteroatoms. The third-order valence-electron chi connectivity index (χ3n) is 2.46. The van der Waals surface area contributed by atoms with Crippen LogP contribution >= 0.6 is 0 Å². The molecule has 0 radical (unpaired) electrons. The van der Waals surface area contributed by atoms with Crippen LogP contribution < -0.4 is 5.32 Å². The first-order valence-corrected chi connectivity index (χ1v) is 4.72. The van der Waals surface area contributed by atoms with Gasteiger partial charge in [0.2, 0.25) is 0 Å². The van der Waals surface area contributed by atoms with E-state index >= 15 is 0 Å². The number of hydrogen-bond acceptors (Lipinski definition) is 3. The smallest absolute Gasteiger partial charge is 0.465 e. The Hall–Kier alpha value is -1.51. The number of hydrogen-bond donors (Lipinski definition) is 3. The van der Waals surface area contributed by atoms with Crippen molar-refractivity contribution < 1.29 is 33.0 Å². The maximum Gasteiger partial charge on any atom is 0.471 e. The predicted molar refractivity (Wildman–Crippen MR) is 48.2 cm³/mol. The summed E-state index contributed by atoms with van der Waals surface area (Å²) in [6, 6.07) is 0. The van der Waals surface area contributed by atoms with E-state index in [1.54, 1.807) is 5.32 Å². The molecule has 1 fully saturated rings. The van der Waals surface area contributed by atoms with Gasteiger partial charge in [0.1, 0.15) is 0 Å². The van der Waals surface area contributed by atoms with Gasteiger partial charge in [-0.3, -0.25) is 4.79 Å². The Bertz CT molecular complexity index is 320. The Kier molecular flexibility index (Phi) is 3.81. The Morgan fingerprint density at radius 2 is 1.94 bits per heavy atom. The minimum atomic E-state index is -4.98. The molecule has 2 amide bonds. The SMILES string of the molecule is O=C(O)N1C[C@@H](CNC(=O)C(F)(F)F)[C@@H](O)C1. The number of amides is 2. The zero-order valence-corrected chi connectivity index (χ0v) is 8.57. The number of aliphatic hydroxyl groups is 1. The lowest BCUT2D eigenvalue weighted by Gasteiger charge is -2.14. The molecule has 1 aliphatic rings. The largest absolute Gasteiger partial charge is 0.471 e. The summed E-state index contributed by atoms with van der Waals surface area (Å²) in [4.78, 5) is 21.9. The fourth-order valence-corrected chi connectivity index (χ4v) is 1.53. The van der Waals surface area contributed by atoms with Gasteiger partial charge in [-0.1, -0.05) is 0 Å². The van der Waals surface area contributed by atoms with Crippen molar-refractivity contribution in [1.82, 2.24) is 10.2 Å². The molecule has 0 aliphatic carbocycles. The van der Waals surface area contributed by atoms with Crippen LogP contribution in [0.4, 0.5) is 18.0 Å². The maximum atomic E-state index is 11.8.